The molecule has 5 heteroatoms. The largest absolute Gasteiger partial charge is 0.388 e. The standard InChI is InChI=1S/C14H22O5/c1-14(6-4-3-5-7-14)13-12(17)11(16)10(15)9(19-13)8-18-2/h3-6,9-13,15-17H,7-8H2,1-2H3/t9-,10-,11+,12-,13-,14?/m1/s1. The van der Waals surface area contributed by atoms with Crippen LogP contribution in [0.2, 0.25) is 0 Å². The molecule has 19 heavy (non-hydrogen) atoms. The van der Waals surface area contributed by atoms with E-state index in [2.05, 4.69) is 0 Å². The zero-order chi connectivity index (χ0) is 14.0. The zero-order valence-corrected chi connectivity index (χ0v) is 11.3. The van der Waals surface area contributed by atoms with E-state index >= 15 is 0 Å². The summed E-state index contributed by atoms with van der Waals surface area (Å²) in [7, 11) is 1.51. The van der Waals surface area contributed by atoms with Crippen LogP contribution in [0.5, 0.6) is 0 Å². The smallest absolute Gasteiger partial charge is 0.111 e. The van der Waals surface area contributed by atoms with Crippen LogP contribution in [0.25, 0.3) is 0 Å². The molecule has 0 radical (unpaired) electrons. The molecule has 0 bridgehead atoms. The van der Waals surface area contributed by atoms with E-state index in [-0.39, 0.29) is 6.61 Å². The van der Waals surface area contributed by atoms with Gasteiger partial charge in [0.05, 0.1) is 12.7 Å². The Morgan fingerprint density at radius 3 is 2.53 bits per heavy atom. The molecule has 1 aliphatic heterocycles. The number of aliphatic hydroxyl groups is 3. The number of allylic oxidation sites excluding steroid dienone is 3. The Morgan fingerprint density at radius 1 is 1.21 bits per heavy atom. The van der Waals surface area contributed by atoms with Crippen LogP contribution in [0.3, 0.4) is 0 Å². The maximum atomic E-state index is 10.2. The van der Waals surface area contributed by atoms with Crippen molar-refractivity contribution in [3.05, 3.63) is 24.3 Å². The molecule has 5 nitrogen and oxygen atoms in total. The number of ether oxygens (including phenoxy) is 2. The van der Waals surface area contributed by atoms with Crippen molar-refractivity contribution in [2.75, 3.05) is 13.7 Å². The van der Waals surface area contributed by atoms with E-state index in [4.69, 9.17) is 9.47 Å². The molecule has 1 saturated heterocycles. The summed E-state index contributed by atoms with van der Waals surface area (Å²) in [5.41, 5.74) is -0.402. The highest BCUT2D eigenvalue weighted by atomic mass is 16.6. The highest BCUT2D eigenvalue weighted by molar-refractivity contribution is 5.19. The lowest BCUT2D eigenvalue weighted by Crippen LogP contribution is -2.62. The number of methoxy groups -OCH3 is 1. The van der Waals surface area contributed by atoms with Gasteiger partial charge in [0, 0.05) is 12.5 Å². The summed E-state index contributed by atoms with van der Waals surface area (Å²) in [6, 6.07) is 0. The molecule has 0 saturated carbocycles. The average Bonchev–Trinajstić information content (AvgIpc) is 2.40. The van der Waals surface area contributed by atoms with Gasteiger partial charge in [0.25, 0.3) is 0 Å². The molecular weight excluding hydrogens is 248 g/mol. The van der Waals surface area contributed by atoms with Crippen molar-refractivity contribution in [1.29, 1.82) is 0 Å². The van der Waals surface area contributed by atoms with Crippen molar-refractivity contribution in [3.63, 3.8) is 0 Å². The second kappa shape index (κ2) is 5.73. The average molecular weight is 270 g/mol. The molecule has 1 aliphatic carbocycles. The van der Waals surface area contributed by atoms with Crippen molar-refractivity contribution in [1.82, 2.24) is 0 Å². The van der Waals surface area contributed by atoms with Gasteiger partial charge in [-0.25, -0.2) is 0 Å². The van der Waals surface area contributed by atoms with Gasteiger partial charge in [-0.1, -0.05) is 31.2 Å². The van der Waals surface area contributed by atoms with Crippen molar-refractivity contribution in [3.8, 4) is 0 Å². The summed E-state index contributed by atoms with van der Waals surface area (Å²) in [5.74, 6) is 0. The molecular formula is C14H22O5. The van der Waals surface area contributed by atoms with Crippen LogP contribution >= 0.6 is 0 Å². The highest BCUT2D eigenvalue weighted by Gasteiger charge is 2.49. The Morgan fingerprint density at radius 2 is 1.95 bits per heavy atom. The molecule has 3 N–H and O–H groups in total. The Hall–Kier alpha value is -0.720. The molecule has 1 unspecified atom stereocenters. The van der Waals surface area contributed by atoms with Crippen molar-refractivity contribution in [2.45, 2.75) is 43.9 Å². The maximum Gasteiger partial charge on any atom is 0.111 e. The van der Waals surface area contributed by atoms with E-state index in [1.807, 2.05) is 31.2 Å². The fraction of sp³-hybridized carbons (Fsp3) is 0.714. The van der Waals surface area contributed by atoms with Crippen LogP contribution in [0.15, 0.2) is 24.3 Å². The lowest BCUT2D eigenvalue weighted by molar-refractivity contribution is -0.250. The van der Waals surface area contributed by atoms with Crippen LogP contribution in [0.4, 0.5) is 0 Å². The quantitative estimate of drug-likeness (QED) is 0.673. The first kappa shape index (κ1) is 14.7. The molecule has 0 aromatic rings. The summed E-state index contributed by atoms with van der Waals surface area (Å²) < 4.78 is 10.8. The van der Waals surface area contributed by atoms with Crippen molar-refractivity contribution in [2.24, 2.45) is 5.41 Å². The van der Waals surface area contributed by atoms with E-state index in [0.29, 0.717) is 6.42 Å². The van der Waals surface area contributed by atoms with Crippen LogP contribution in [0.1, 0.15) is 13.3 Å². The first-order valence-corrected chi connectivity index (χ1v) is 6.52. The normalized spacial score (nSPS) is 46.5. The Bertz CT molecular complexity index is 367. The highest BCUT2D eigenvalue weighted by Crippen LogP contribution is 2.39. The van der Waals surface area contributed by atoms with E-state index in [0.717, 1.165) is 0 Å². The molecule has 6 atom stereocenters. The molecule has 1 fully saturated rings. The van der Waals surface area contributed by atoms with Gasteiger partial charge in [-0.15, -0.1) is 0 Å². The minimum absolute atomic E-state index is 0.178. The third-order valence-corrected chi connectivity index (χ3v) is 3.98. The van der Waals surface area contributed by atoms with E-state index in [1.165, 1.54) is 7.11 Å². The Kier molecular flexibility index (Phi) is 4.43. The summed E-state index contributed by atoms with van der Waals surface area (Å²) in [6.45, 7) is 2.15. The molecule has 0 spiro atoms. The molecule has 2 aliphatic rings. The number of aliphatic hydroxyl groups excluding tert-OH is 3. The monoisotopic (exact) mass is 270 g/mol. The molecule has 2 rings (SSSR count). The molecule has 0 aromatic heterocycles. The summed E-state index contributed by atoms with van der Waals surface area (Å²) in [4.78, 5) is 0. The molecule has 108 valence electrons. The third kappa shape index (κ3) is 2.75. The van der Waals surface area contributed by atoms with Gasteiger partial charge in [0.2, 0.25) is 0 Å². The van der Waals surface area contributed by atoms with Gasteiger partial charge >= 0.3 is 0 Å². The number of hydrogen-bond donors (Lipinski definition) is 3. The van der Waals surface area contributed by atoms with Gasteiger partial charge in [-0.3, -0.25) is 0 Å². The van der Waals surface area contributed by atoms with Crippen molar-refractivity contribution < 1.29 is 24.8 Å². The lowest BCUT2D eigenvalue weighted by atomic mass is 9.73. The van der Waals surface area contributed by atoms with Crippen LogP contribution in [-0.4, -0.2) is 59.6 Å². The van der Waals surface area contributed by atoms with E-state index < -0.39 is 35.9 Å². The second-order valence-corrected chi connectivity index (χ2v) is 5.52. The summed E-state index contributed by atoms with van der Waals surface area (Å²) in [5, 5.41) is 30.1. The molecule has 1 heterocycles. The fourth-order valence-electron chi connectivity index (χ4n) is 2.75. The SMILES string of the molecule is COC[C@H]1O[C@@H](C2(C)C=CC=CC2)[C@H](O)[C@@H](O)[C@@H]1O. The topological polar surface area (TPSA) is 79.2 Å². The number of hydrogen-bond acceptors (Lipinski definition) is 5. The van der Waals surface area contributed by atoms with Gasteiger partial charge in [-0.05, 0) is 6.42 Å². The minimum Gasteiger partial charge on any atom is -0.388 e. The van der Waals surface area contributed by atoms with E-state index in [9.17, 15) is 15.3 Å². The zero-order valence-electron chi connectivity index (χ0n) is 11.3. The second-order valence-electron chi connectivity index (χ2n) is 5.52. The Balaban J connectivity index is 2.19. The minimum atomic E-state index is -1.23. The maximum absolute atomic E-state index is 10.2. The van der Waals surface area contributed by atoms with Gasteiger partial charge < -0.3 is 24.8 Å². The summed E-state index contributed by atoms with van der Waals surface area (Å²) >= 11 is 0. The third-order valence-electron chi connectivity index (χ3n) is 3.98. The van der Waals surface area contributed by atoms with Crippen LogP contribution in [-0.2, 0) is 9.47 Å². The van der Waals surface area contributed by atoms with Gasteiger partial charge in [-0.2, -0.15) is 0 Å². The predicted molar refractivity (Wildman–Crippen MR) is 69.6 cm³/mol. The Labute approximate surface area is 113 Å². The van der Waals surface area contributed by atoms with Crippen molar-refractivity contribution >= 4 is 0 Å². The first-order valence-electron chi connectivity index (χ1n) is 6.52. The molecule has 0 aromatic carbocycles. The number of rotatable bonds is 3. The predicted octanol–water partition coefficient (Wildman–Crippen LogP) is 0.00530. The van der Waals surface area contributed by atoms with Gasteiger partial charge in [0.15, 0.2) is 0 Å². The summed E-state index contributed by atoms with van der Waals surface area (Å²) in [6.07, 6.45) is 3.83. The lowest BCUT2D eigenvalue weighted by Gasteiger charge is -2.47. The molecule has 0 amide bonds. The first-order chi connectivity index (χ1) is 8.99. The van der Waals surface area contributed by atoms with Crippen LogP contribution < -0.4 is 0 Å². The van der Waals surface area contributed by atoms with Crippen LogP contribution in [0, 0.1) is 5.41 Å². The van der Waals surface area contributed by atoms with Gasteiger partial charge in [0.1, 0.15) is 24.4 Å². The van der Waals surface area contributed by atoms with E-state index in [1.54, 1.807) is 0 Å². The fourth-order valence-corrected chi connectivity index (χ4v) is 2.75.